The number of carboxylic acids is 1. The molecule has 9 nitrogen and oxygen atoms in total. The Balaban J connectivity index is 1.33. The molecule has 2 unspecified atom stereocenters. The molecule has 1 aliphatic heterocycles. The number of aromatic amines is 1. The van der Waals surface area contributed by atoms with Gasteiger partial charge >= 0.3 is 5.97 Å². The number of aromatic carboxylic acids is 1. The number of anilines is 1. The van der Waals surface area contributed by atoms with Gasteiger partial charge in [0.15, 0.2) is 11.0 Å². The second kappa shape index (κ2) is 9.34. The van der Waals surface area contributed by atoms with Gasteiger partial charge in [-0.1, -0.05) is 24.3 Å². The van der Waals surface area contributed by atoms with Crippen molar-refractivity contribution in [3.05, 3.63) is 41.0 Å². The molecule has 2 aromatic heterocycles. The number of benzene rings is 1. The molecule has 1 saturated carbocycles. The number of fused-ring (bicyclic) bond motifs is 1. The van der Waals surface area contributed by atoms with Crippen LogP contribution in [0.1, 0.15) is 58.6 Å². The third-order valence-electron chi connectivity index (χ3n) is 6.74. The molecule has 180 valence electrons. The number of nitrogens with zero attached hydrogens (tertiary/aromatic N) is 3. The molecule has 0 spiro atoms. The second-order valence-corrected chi connectivity index (χ2v) is 10.2. The van der Waals surface area contributed by atoms with E-state index in [1.807, 2.05) is 19.9 Å². The summed E-state index contributed by atoms with van der Waals surface area (Å²) in [5, 5.41) is 17.2. The molecule has 10 heteroatoms. The van der Waals surface area contributed by atoms with E-state index in [4.69, 9.17) is 4.98 Å². The van der Waals surface area contributed by atoms with E-state index in [1.165, 1.54) is 24.2 Å². The van der Waals surface area contributed by atoms with Crippen LogP contribution in [0.15, 0.2) is 18.2 Å². The smallest absolute Gasteiger partial charge is 0.337 e. The van der Waals surface area contributed by atoms with Crippen molar-refractivity contribution >= 4 is 38.6 Å². The molecule has 3 aromatic rings. The lowest BCUT2D eigenvalue weighted by Gasteiger charge is -2.39. The number of carbonyl (C=O) groups excluding carboxylic acids is 1. The predicted octanol–water partition coefficient (Wildman–Crippen LogP) is 2.97. The highest BCUT2D eigenvalue weighted by atomic mass is 32.1. The van der Waals surface area contributed by atoms with Crippen LogP contribution in [0.4, 0.5) is 5.13 Å². The number of nitrogens with one attached hydrogen (secondary N) is 3. The van der Waals surface area contributed by atoms with Crippen molar-refractivity contribution in [2.75, 3.05) is 24.5 Å². The van der Waals surface area contributed by atoms with Crippen LogP contribution in [0.25, 0.3) is 10.2 Å². The fraction of sp³-hybridized carbons (Fsp3) is 0.500. The quantitative estimate of drug-likeness (QED) is 0.389. The molecule has 34 heavy (non-hydrogen) atoms. The number of rotatable bonds is 8. The summed E-state index contributed by atoms with van der Waals surface area (Å²) in [7, 11) is 0. The van der Waals surface area contributed by atoms with Crippen molar-refractivity contribution < 1.29 is 14.7 Å². The van der Waals surface area contributed by atoms with Gasteiger partial charge < -0.3 is 25.6 Å². The van der Waals surface area contributed by atoms with Gasteiger partial charge in [0.1, 0.15) is 0 Å². The first-order valence-corrected chi connectivity index (χ1v) is 12.7. The zero-order valence-corrected chi connectivity index (χ0v) is 20.2. The van der Waals surface area contributed by atoms with E-state index in [0.29, 0.717) is 28.5 Å². The zero-order valence-electron chi connectivity index (χ0n) is 19.4. The summed E-state index contributed by atoms with van der Waals surface area (Å²) in [5.74, 6) is -0.0339. The molecule has 1 aromatic carbocycles. The maximum atomic E-state index is 12.9. The minimum absolute atomic E-state index is 0.0260. The minimum Gasteiger partial charge on any atom is -0.478 e. The highest BCUT2D eigenvalue weighted by molar-refractivity contribution is 7.22. The van der Waals surface area contributed by atoms with E-state index in [9.17, 15) is 14.7 Å². The van der Waals surface area contributed by atoms with Crippen LogP contribution in [0.2, 0.25) is 0 Å². The Morgan fingerprint density at radius 3 is 2.76 bits per heavy atom. The van der Waals surface area contributed by atoms with Crippen molar-refractivity contribution in [3.63, 3.8) is 0 Å². The van der Waals surface area contributed by atoms with E-state index in [0.717, 1.165) is 42.5 Å². The predicted molar refractivity (Wildman–Crippen MR) is 132 cm³/mol. The van der Waals surface area contributed by atoms with E-state index < -0.39 is 5.97 Å². The number of carboxylic acid groups (broad SMARTS) is 1. The summed E-state index contributed by atoms with van der Waals surface area (Å²) in [6.45, 7) is 6.33. The Bertz CT molecular complexity index is 1220. The Kier molecular flexibility index (Phi) is 6.26. The third kappa shape index (κ3) is 4.65. The Hall–Kier alpha value is -2.98. The summed E-state index contributed by atoms with van der Waals surface area (Å²) in [4.78, 5) is 39.1. The monoisotopic (exact) mass is 482 g/mol. The maximum Gasteiger partial charge on any atom is 0.337 e. The lowest BCUT2D eigenvalue weighted by molar-refractivity contribution is 0.0699. The van der Waals surface area contributed by atoms with Gasteiger partial charge in [0, 0.05) is 30.9 Å². The van der Waals surface area contributed by atoms with E-state index >= 15 is 0 Å². The maximum absolute atomic E-state index is 12.9. The molecule has 3 heterocycles. The summed E-state index contributed by atoms with van der Waals surface area (Å²) >= 11 is 1.42. The summed E-state index contributed by atoms with van der Waals surface area (Å²) in [5.41, 5.74) is 2.84. The summed E-state index contributed by atoms with van der Waals surface area (Å²) in [6, 6.07) is 5.24. The Labute approximate surface area is 202 Å². The molecule has 2 atom stereocenters. The van der Waals surface area contributed by atoms with E-state index in [-0.39, 0.29) is 23.6 Å². The topological polar surface area (TPSA) is 123 Å². The molecule has 0 bridgehead atoms. The zero-order chi connectivity index (χ0) is 23.8. The molecule has 1 amide bonds. The van der Waals surface area contributed by atoms with Gasteiger partial charge in [0.05, 0.1) is 21.5 Å². The SMILES string of the molecule is CCc1nc(C(=O)NC2CCN(c3nc4cccc(C(=O)O)c4s3)CC2NCC2CC2)[nH]c1C. The first-order valence-electron chi connectivity index (χ1n) is 11.9. The van der Waals surface area contributed by atoms with Crippen molar-refractivity contribution in [2.24, 2.45) is 5.92 Å². The molecule has 4 N–H and O–H groups in total. The van der Waals surface area contributed by atoms with Gasteiger partial charge in [-0.2, -0.15) is 0 Å². The van der Waals surface area contributed by atoms with Gasteiger partial charge in [-0.25, -0.2) is 14.8 Å². The molecular formula is C24H30N6O3S. The Morgan fingerprint density at radius 1 is 1.24 bits per heavy atom. The minimum atomic E-state index is -0.939. The van der Waals surface area contributed by atoms with Gasteiger partial charge in [0.25, 0.3) is 5.91 Å². The van der Waals surface area contributed by atoms with Crippen LogP contribution in [-0.2, 0) is 6.42 Å². The number of carbonyl (C=O) groups is 2. The summed E-state index contributed by atoms with van der Waals surface area (Å²) in [6.07, 6.45) is 4.05. The van der Waals surface area contributed by atoms with Gasteiger partial charge in [-0.15, -0.1) is 0 Å². The normalized spacial score (nSPS) is 20.6. The number of hydrogen-bond acceptors (Lipinski definition) is 7. The first-order chi connectivity index (χ1) is 16.4. The van der Waals surface area contributed by atoms with Crippen LogP contribution >= 0.6 is 11.3 Å². The van der Waals surface area contributed by atoms with E-state index in [1.54, 1.807) is 12.1 Å². The lowest BCUT2D eigenvalue weighted by Crippen LogP contribution is -2.60. The van der Waals surface area contributed by atoms with Gasteiger partial charge in [-0.3, -0.25) is 4.79 Å². The number of hydrogen-bond donors (Lipinski definition) is 4. The highest BCUT2D eigenvalue weighted by Crippen LogP contribution is 2.33. The average Bonchev–Trinajstić information content (AvgIpc) is 3.42. The Morgan fingerprint density at radius 2 is 2.06 bits per heavy atom. The van der Waals surface area contributed by atoms with Gasteiger partial charge in [-0.05, 0) is 57.2 Å². The first kappa shape index (κ1) is 22.8. The van der Waals surface area contributed by atoms with Crippen molar-refractivity contribution in [2.45, 2.75) is 51.6 Å². The fourth-order valence-electron chi connectivity index (χ4n) is 4.57. The van der Waals surface area contributed by atoms with Crippen molar-refractivity contribution in [1.29, 1.82) is 0 Å². The van der Waals surface area contributed by atoms with Crippen molar-refractivity contribution in [1.82, 2.24) is 25.6 Å². The second-order valence-electron chi connectivity index (χ2n) is 9.24. The molecule has 1 saturated heterocycles. The number of aryl methyl sites for hydroxylation is 2. The van der Waals surface area contributed by atoms with Crippen LogP contribution < -0.4 is 15.5 Å². The molecule has 0 radical (unpaired) electrons. The third-order valence-corrected chi connectivity index (χ3v) is 7.90. The summed E-state index contributed by atoms with van der Waals surface area (Å²) < 4.78 is 0.697. The molecule has 5 rings (SSSR count). The number of amides is 1. The van der Waals surface area contributed by atoms with Crippen molar-refractivity contribution in [3.8, 4) is 0 Å². The molecule has 1 aliphatic carbocycles. The lowest BCUT2D eigenvalue weighted by atomic mass is 9.99. The number of piperidine rings is 1. The molecule has 2 fully saturated rings. The fourth-order valence-corrected chi connectivity index (χ4v) is 5.68. The highest BCUT2D eigenvalue weighted by Gasteiger charge is 2.34. The molecule has 2 aliphatic rings. The number of aromatic nitrogens is 3. The van der Waals surface area contributed by atoms with Crippen LogP contribution in [0, 0.1) is 12.8 Å². The van der Waals surface area contributed by atoms with Gasteiger partial charge in [0.2, 0.25) is 0 Å². The van der Waals surface area contributed by atoms with Crippen LogP contribution in [0.5, 0.6) is 0 Å². The average molecular weight is 483 g/mol. The molecular weight excluding hydrogens is 452 g/mol. The number of thiazole rings is 1. The van der Waals surface area contributed by atoms with Crippen LogP contribution in [0.3, 0.4) is 0 Å². The standard InChI is InChI=1S/C24H30N6O3S/c1-3-16-13(2)26-21(27-16)22(31)28-17-9-10-30(12-19(17)25-11-14-7-8-14)24-29-18-6-4-5-15(23(32)33)20(18)34-24/h4-6,14,17,19,25H,3,7-12H2,1-2H3,(H,26,27)(H,28,31)(H,32,33). The van der Waals surface area contributed by atoms with E-state index in [2.05, 4.69) is 25.5 Å². The largest absolute Gasteiger partial charge is 0.478 e. The van der Waals surface area contributed by atoms with Crippen LogP contribution in [-0.4, -0.2) is 63.7 Å². The number of H-pyrrole nitrogens is 1. The number of imidazole rings is 1.